The van der Waals surface area contributed by atoms with Crippen molar-refractivity contribution in [2.45, 2.75) is 51.2 Å². The number of benzene rings is 1. The molecule has 1 aromatic rings. The van der Waals surface area contributed by atoms with Crippen LogP contribution in [0.2, 0.25) is 0 Å². The molecule has 3 rings (SSSR count). The normalized spacial score (nSPS) is 20.0. The summed E-state index contributed by atoms with van der Waals surface area (Å²) in [4.78, 5) is 41.2. The number of carbonyl (C=O) groups is 3. The Hall–Kier alpha value is -2.77. The van der Waals surface area contributed by atoms with E-state index in [2.05, 4.69) is 21.9 Å². The molecule has 2 saturated heterocycles. The molecule has 48 heavy (non-hydrogen) atoms. The first-order valence-corrected chi connectivity index (χ1v) is 17.0. The standard InChI is InChI=1S/C24H38N4O8.C8H20N4/c29-21(19-36-18-20-4-2-1-3-5-20)14-25-6-8-26(15-22(30)31)10-12-28(17-24(34)35)13-11-27(9-7-25)16-23(32)33;1-2-4-6-8-10-12-11-9-7-5-3-1/h1-5,21,29H,6-19H2,(H,30,31)(H,32,33)(H,34,35);9-12H,1-8H2. The molecule has 0 amide bonds. The molecule has 1 atom stereocenters. The molecule has 2 fully saturated rings. The highest BCUT2D eigenvalue weighted by atomic mass is 16.5. The van der Waals surface area contributed by atoms with Crippen molar-refractivity contribution in [1.29, 1.82) is 0 Å². The average Bonchev–Trinajstić information content (AvgIpc) is 3.03. The van der Waals surface area contributed by atoms with Gasteiger partial charge >= 0.3 is 17.9 Å². The summed E-state index contributed by atoms with van der Waals surface area (Å²) in [7, 11) is 0. The molecule has 2 aliphatic rings. The third-order valence-electron chi connectivity index (χ3n) is 7.99. The number of aliphatic hydroxyl groups is 1. The van der Waals surface area contributed by atoms with Gasteiger partial charge in [0, 0.05) is 72.0 Å². The fraction of sp³-hybridized carbons (Fsp3) is 0.719. The van der Waals surface area contributed by atoms with Gasteiger partial charge in [0.15, 0.2) is 0 Å². The molecule has 0 saturated carbocycles. The van der Waals surface area contributed by atoms with Crippen LogP contribution in [0, 0.1) is 0 Å². The molecule has 0 aromatic heterocycles. The van der Waals surface area contributed by atoms with E-state index in [0.29, 0.717) is 65.5 Å². The van der Waals surface area contributed by atoms with Crippen LogP contribution in [-0.4, -0.2) is 162 Å². The fourth-order valence-corrected chi connectivity index (χ4v) is 5.39. The van der Waals surface area contributed by atoms with Crippen LogP contribution in [0.15, 0.2) is 30.3 Å². The van der Waals surface area contributed by atoms with Crippen LogP contribution in [0.3, 0.4) is 0 Å². The first-order chi connectivity index (χ1) is 23.2. The largest absolute Gasteiger partial charge is 0.480 e. The van der Waals surface area contributed by atoms with E-state index in [4.69, 9.17) is 4.74 Å². The number of rotatable bonds is 12. The summed E-state index contributed by atoms with van der Waals surface area (Å²) in [5.74, 6) is -2.94. The zero-order chi connectivity index (χ0) is 34.8. The Morgan fingerprint density at radius 3 is 1.44 bits per heavy atom. The number of hydrogen-bond acceptors (Lipinski definition) is 13. The molecular formula is C32H58N8O8. The van der Waals surface area contributed by atoms with Crippen molar-refractivity contribution in [3.05, 3.63) is 35.9 Å². The third-order valence-corrected chi connectivity index (χ3v) is 7.99. The molecule has 0 aliphatic carbocycles. The summed E-state index contributed by atoms with van der Waals surface area (Å²) in [5.41, 5.74) is 12.9. The van der Waals surface area contributed by atoms with E-state index in [-0.39, 0.29) is 26.2 Å². The van der Waals surface area contributed by atoms with Gasteiger partial charge in [-0.3, -0.25) is 34.0 Å². The van der Waals surface area contributed by atoms with Crippen LogP contribution in [0.5, 0.6) is 0 Å². The molecule has 2 heterocycles. The van der Waals surface area contributed by atoms with E-state index in [9.17, 15) is 34.8 Å². The lowest BCUT2D eigenvalue weighted by atomic mass is 10.1. The van der Waals surface area contributed by atoms with Crippen molar-refractivity contribution in [2.24, 2.45) is 0 Å². The minimum absolute atomic E-state index is 0.132. The van der Waals surface area contributed by atoms with E-state index in [1.165, 1.54) is 38.5 Å². The second kappa shape index (κ2) is 26.1. The molecule has 1 aromatic carbocycles. The number of carboxylic acids is 3. The van der Waals surface area contributed by atoms with Crippen LogP contribution in [0.4, 0.5) is 0 Å². The number of aliphatic hydroxyl groups excluding tert-OH is 1. The van der Waals surface area contributed by atoms with Crippen LogP contribution in [-0.2, 0) is 25.7 Å². The summed E-state index contributed by atoms with van der Waals surface area (Å²) in [6, 6.07) is 9.62. The molecule has 274 valence electrons. The number of nitrogens with one attached hydrogen (secondary N) is 4. The van der Waals surface area contributed by atoms with Crippen LogP contribution >= 0.6 is 0 Å². The number of ether oxygens (including phenoxy) is 1. The van der Waals surface area contributed by atoms with E-state index in [1.807, 2.05) is 35.2 Å². The summed E-state index contributed by atoms with van der Waals surface area (Å²) >= 11 is 0. The third kappa shape index (κ3) is 22.0. The number of hydrazine groups is 3. The lowest BCUT2D eigenvalue weighted by molar-refractivity contribution is -0.140. The van der Waals surface area contributed by atoms with Gasteiger partial charge < -0.3 is 25.2 Å². The van der Waals surface area contributed by atoms with Gasteiger partial charge in [-0.25, -0.2) is 10.9 Å². The highest BCUT2D eigenvalue weighted by Gasteiger charge is 2.21. The Labute approximate surface area is 284 Å². The van der Waals surface area contributed by atoms with Crippen LogP contribution < -0.4 is 21.9 Å². The van der Waals surface area contributed by atoms with Gasteiger partial charge in [0.2, 0.25) is 0 Å². The number of hydrogen-bond donors (Lipinski definition) is 8. The summed E-state index contributed by atoms with van der Waals surface area (Å²) < 4.78 is 5.64. The van der Waals surface area contributed by atoms with Crippen LogP contribution in [0.25, 0.3) is 0 Å². The van der Waals surface area contributed by atoms with E-state index >= 15 is 0 Å². The molecule has 8 N–H and O–H groups in total. The molecule has 0 radical (unpaired) electrons. The predicted molar refractivity (Wildman–Crippen MR) is 181 cm³/mol. The highest BCUT2D eigenvalue weighted by Crippen LogP contribution is 2.06. The Bertz CT molecular complexity index is 937. The monoisotopic (exact) mass is 682 g/mol. The lowest BCUT2D eigenvalue weighted by Gasteiger charge is -2.33. The quantitative estimate of drug-likeness (QED) is 0.140. The summed E-state index contributed by atoms with van der Waals surface area (Å²) in [5, 5.41) is 38.4. The SMILES string of the molecule is C1CCCCNNNNCCC1.O=C(O)CN1CCN(CC(=O)O)CCN(CC(O)COCc2ccccc2)CCN(CC(=O)O)CC1. The second-order valence-electron chi connectivity index (χ2n) is 12.2. The van der Waals surface area contributed by atoms with Crippen molar-refractivity contribution >= 4 is 17.9 Å². The van der Waals surface area contributed by atoms with Gasteiger partial charge in [-0.1, -0.05) is 56.0 Å². The van der Waals surface area contributed by atoms with E-state index in [1.54, 1.807) is 14.7 Å². The molecule has 0 spiro atoms. The smallest absolute Gasteiger partial charge is 0.317 e. The highest BCUT2D eigenvalue weighted by molar-refractivity contribution is 5.69. The number of carboxylic acid groups (broad SMARTS) is 3. The lowest BCUT2D eigenvalue weighted by Crippen LogP contribution is -2.51. The molecule has 1 unspecified atom stereocenters. The maximum Gasteiger partial charge on any atom is 0.317 e. The molecule has 16 nitrogen and oxygen atoms in total. The van der Waals surface area contributed by atoms with Crippen molar-refractivity contribution < 1.29 is 39.5 Å². The van der Waals surface area contributed by atoms with Gasteiger partial charge in [0.1, 0.15) is 0 Å². The number of aliphatic carboxylic acids is 3. The Kier molecular flexibility index (Phi) is 22.5. The summed E-state index contributed by atoms with van der Waals surface area (Å²) in [6.45, 7) is 5.45. The van der Waals surface area contributed by atoms with Gasteiger partial charge in [-0.05, 0) is 18.4 Å². The Morgan fingerprint density at radius 2 is 1.02 bits per heavy atom. The van der Waals surface area contributed by atoms with E-state index in [0.717, 1.165) is 18.7 Å². The predicted octanol–water partition coefficient (Wildman–Crippen LogP) is -0.516. The summed E-state index contributed by atoms with van der Waals surface area (Å²) in [6.07, 6.45) is 7.21. The number of nitrogens with zero attached hydrogens (tertiary/aromatic N) is 4. The van der Waals surface area contributed by atoms with Crippen molar-refractivity contribution in [2.75, 3.05) is 98.2 Å². The molecular weight excluding hydrogens is 624 g/mol. The average molecular weight is 683 g/mol. The zero-order valence-electron chi connectivity index (χ0n) is 28.2. The first kappa shape index (κ1) is 41.4. The fourth-order valence-electron chi connectivity index (χ4n) is 5.39. The Balaban J connectivity index is 0.000000558. The second-order valence-corrected chi connectivity index (χ2v) is 12.2. The molecule has 16 heteroatoms. The van der Waals surface area contributed by atoms with E-state index < -0.39 is 24.0 Å². The maximum absolute atomic E-state index is 11.4. The zero-order valence-corrected chi connectivity index (χ0v) is 28.2. The van der Waals surface area contributed by atoms with Crippen molar-refractivity contribution in [3.63, 3.8) is 0 Å². The number of β-amino-alcohol motifs (C(OH)–C–C–N with tert-alkyl or cyclic N) is 1. The van der Waals surface area contributed by atoms with Crippen molar-refractivity contribution in [3.8, 4) is 0 Å². The minimum Gasteiger partial charge on any atom is -0.480 e. The molecule has 0 bridgehead atoms. The Morgan fingerprint density at radius 1 is 0.625 bits per heavy atom. The maximum atomic E-state index is 11.4. The van der Waals surface area contributed by atoms with Crippen molar-refractivity contribution in [1.82, 2.24) is 41.5 Å². The molecule has 2 aliphatic heterocycles. The first-order valence-electron chi connectivity index (χ1n) is 17.0. The van der Waals surface area contributed by atoms with Gasteiger partial charge in [-0.2, -0.15) is 11.1 Å². The van der Waals surface area contributed by atoms with Gasteiger partial charge in [0.05, 0.1) is 39.0 Å². The topological polar surface area (TPSA) is 202 Å². The van der Waals surface area contributed by atoms with Crippen LogP contribution in [0.1, 0.15) is 44.1 Å². The van der Waals surface area contributed by atoms with Gasteiger partial charge in [-0.15, -0.1) is 0 Å². The minimum atomic E-state index is -0.994. The van der Waals surface area contributed by atoms with Gasteiger partial charge in [0.25, 0.3) is 0 Å².